The summed E-state index contributed by atoms with van der Waals surface area (Å²) in [5, 5.41) is 16.6. The molecule has 0 radical (unpaired) electrons. The van der Waals surface area contributed by atoms with Crippen molar-refractivity contribution in [2.75, 3.05) is 0 Å². The number of aliphatic imine (C=N–C) groups is 1. The summed E-state index contributed by atoms with van der Waals surface area (Å²) in [7, 11) is 0. The van der Waals surface area contributed by atoms with Crippen molar-refractivity contribution >= 4 is 51.9 Å². The molecule has 30 heavy (non-hydrogen) atoms. The molecule has 0 aliphatic carbocycles. The average Bonchev–Trinajstić information content (AvgIpc) is 3.31. The summed E-state index contributed by atoms with van der Waals surface area (Å²) in [5.41, 5.74) is 3.01. The maximum atomic E-state index is 12.3. The van der Waals surface area contributed by atoms with Crippen molar-refractivity contribution in [3.63, 3.8) is 0 Å². The number of aliphatic carboxylic acids is 1. The number of rotatable bonds is 5. The van der Waals surface area contributed by atoms with Crippen LogP contribution >= 0.6 is 23.1 Å². The fourth-order valence-corrected chi connectivity index (χ4v) is 4.26. The zero-order valence-corrected chi connectivity index (χ0v) is 19.6. The number of thioether (sulfide) groups is 1. The molecule has 1 amide bonds. The second kappa shape index (κ2) is 10.2. The molecule has 9 heteroatoms. The fraction of sp³-hybridized carbons (Fsp3) is 0.0476. The molecule has 0 bridgehead atoms. The second-order valence-electron chi connectivity index (χ2n) is 6.14. The van der Waals surface area contributed by atoms with Crippen molar-refractivity contribution in [3.05, 3.63) is 76.1 Å². The third kappa shape index (κ3) is 5.68. The van der Waals surface area contributed by atoms with Crippen LogP contribution in [0.5, 0.6) is 0 Å². The first kappa shape index (κ1) is 22.5. The molecule has 1 saturated heterocycles. The molecular formula is C21H14N3NaO3S2. The van der Waals surface area contributed by atoms with Gasteiger partial charge in [0.2, 0.25) is 0 Å². The Morgan fingerprint density at radius 2 is 1.87 bits per heavy atom. The number of carboxylic acids is 1. The number of amidine groups is 1. The third-order valence-electron chi connectivity index (χ3n) is 3.99. The SMILES string of the molecule is O=C([O-])Cc1ccc(N=C2NC(=O)C(=Cc3csc(-c4ccccc4)n3)S2)cc1.[Na+]. The van der Waals surface area contributed by atoms with Crippen LogP contribution in [0.3, 0.4) is 0 Å². The number of hydrogen-bond donors (Lipinski definition) is 1. The molecule has 4 rings (SSSR count). The van der Waals surface area contributed by atoms with Gasteiger partial charge in [0.05, 0.1) is 16.3 Å². The van der Waals surface area contributed by atoms with Gasteiger partial charge < -0.3 is 15.2 Å². The van der Waals surface area contributed by atoms with E-state index in [1.165, 1.54) is 23.1 Å². The van der Waals surface area contributed by atoms with E-state index in [1.807, 2.05) is 35.7 Å². The molecule has 0 atom stereocenters. The number of carbonyl (C=O) groups excluding carboxylic acids is 2. The van der Waals surface area contributed by atoms with Crippen molar-refractivity contribution in [2.45, 2.75) is 6.42 Å². The van der Waals surface area contributed by atoms with Crippen LogP contribution in [-0.4, -0.2) is 22.0 Å². The van der Waals surface area contributed by atoms with Gasteiger partial charge in [0.15, 0.2) is 5.17 Å². The molecule has 2 heterocycles. The Kier molecular flexibility index (Phi) is 7.63. The van der Waals surface area contributed by atoms with Gasteiger partial charge in [0.25, 0.3) is 5.91 Å². The first-order valence-electron chi connectivity index (χ1n) is 8.66. The monoisotopic (exact) mass is 443 g/mol. The van der Waals surface area contributed by atoms with E-state index < -0.39 is 5.97 Å². The standard InChI is InChI=1S/C21H15N3O3S2.Na/c25-18(26)10-13-6-8-15(9-7-13)23-21-24-19(27)17(29-21)11-16-12-28-20(22-16)14-4-2-1-3-5-14;/h1-9,11-12H,10H2,(H,25,26)(H,23,24,27);/q;+1/p-1. The topological polar surface area (TPSA) is 94.5 Å². The number of thiazole rings is 1. The van der Waals surface area contributed by atoms with E-state index in [1.54, 1.807) is 30.3 Å². The van der Waals surface area contributed by atoms with Crippen LogP contribution in [0, 0.1) is 0 Å². The number of hydrogen-bond acceptors (Lipinski definition) is 7. The summed E-state index contributed by atoms with van der Waals surface area (Å²) in [4.78, 5) is 32.4. The molecule has 0 unspecified atom stereocenters. The Labute approximate surface area is 203 Å². The molecule has 1 aliphatic heterocycles. The number of amides is 1. The Bertz CT molecular complexity index is 1130. The van der Waals surface area contributed by atoms with Crippen molar-refractivity contribution < 1.29 is 44.3 Å². The van der Waals surface area contributed by atoms with Gasteiger partial charge in [-0.2, -0.15) is 0 Å². The van der Waals surface area contributed by atoms with Crippen LogP contribution in [0.2, 0.25) is 0 Å². The number of benzene rings is 2. The first-order valence-corrected chi connectivity index (χ1v) is 10.4. The minimum absolute atomic E-state index is 0. The van der Waals surface area contributed by atoms with Crippen molar-refractivity contribution in [1.29, 1.82) is 0 Å². The summed E-state index contributed by atoms with van der Waals surface area (Å²) in [5.74, 6) is -1.36. The van der Waals surface area contributed by atoms with Crippen LogP contribution in [0.4, 0.5) is 5.69 Å². The predicted molar refractivity (Wildman–Crippen MR) is 114 cm³/mol. The smallest absolute Gasteiger partial charge is 0.550 e. The Balaban J connectivity index is 0.00000256. The average molecular weight is 443 g/mol. The van der Waals surface area contributed by atoms with Crippen LogP contribution in [0.25, 0.3) is 16.6 Å². The summed E-state index contributed by atoms with van der Waals surface area (Å²) >= 11 is 2.76. The van der Waals surface area contributed by atoms with E-state index in [9.17, 15) is 14.7 Å². The van der Waals surface area contributed by atoms with Crippen LogP contribution < -0.4 is 40.0 Å². The summed E-state index contributed by atoms with van der Waals surface area (Å²) in [6.45, 7) is 0. The summed E-state index contributed by atoms with van der Waals surface area (Å²) in [6, 6.07) is 16.6. The Hall–Kier alpha value is -2.23. The summed E-state index contributed by atoms with van der Waals surface area (Å²) in [6.07, 6.45) is 1.60. The first-order chi connectivity index (χ1) is 14.1. The molecule has 2 aromatic carbocycles. The van der Waals surface area contributed by atoms with Gasteiger partial charge in [-0.3, -0.25) is 4.79 Å². The van der Waals surface area contributed by atoms with Gasteiger partial charge >= 0.3 is 29.6 Å². The van der Waals surface area contributed by atoms with Gasteiger partial charge in [0.1, 0.15) is 5.01 Å². The molecule has 1 fully saturated rings. The van der Waals surface area contributed by atoms with E-state index in [-0.39, 0.29) is 41.9 Å². The molecule has 6 nitrogen and oxygen atoms in total. The quantitative estimate of drug-likeness (QED) is 0.443. The number of nitrogens with one attached hydrogen (secondary N) is 1. The van der Waals surface area contributed by atoms with Crippen LogP contribution in [0.1, 0.15) is 11.3 Å². The number of nitrogens with zero attached hydrogens (tertiary/aromatic N) is 2. The van der Waals surface area contributed by atoms with Gasteiger partial charge in [-0.05, 0) is 35.5 Å². The molecule has 1 aromatic heterocycles. The van der Waals surface area contributed by atoms with Gasteiger partial charge in [-0.1, -0.05) is 42.5 Å². The zero-order valence-electron chi connectivity index (χ0n) is 16.0. The van der Waals surface area contributed by atoms with E-state index in [2.05, 4.69) is 15.3 Å². The van der Waals surface area contributed by atoms with Gasteiger partial charge in [-0.15, -0.1) is 11.3 Å². The van der Waals surface area contributed by atoms with Crippen molar-refractivity contribution in [3.8, 4) is 10.6 Å². The van der Waals surface area contributed by atoms with E-state index in [0.29, 0.717) is 21.3 Å². The maximum Gasteiger partial charge on any atom is 1.00 e. The predicted octanol–water partition coefficient (Wildman–Crippen LogP) is -0.00190. The summed E-state index contributed by atoms with van der Waals surface area (Å²) < 4.78 is 0. The number of aromatic nitrogens is 1. The molecule has 1 aliphatic rings. The minimum atomic E-state index is -1.13. The van der Waals surface area contributed by atoms with E-state index in [4.69, 9.17) is 0 Å². The van der Waals surface area contributed by atoms with Crippen LogP contribution in [0.15, 0.2) is 69.9 Å². The molecule has 144 valence electrons. The third-order valence-corrected chi connectivity index (χ3v) is 5.81. The molecular weight excluding hydrogens is 429 g/mol. The zero-order chi connectivity index (χ0) is 20.2. The van der Waals surface area contributed by atoms with E-state index >= 15 is 0 Å². The fourth-order valence-electron chi connectivity index (χ4n) is 2.65. The Morgan fingerprint density at radius 1 is 1.13 bits per heavy atom. The Morgan fingerprint density at radius 3 is 2.57 bits per heavy atom. The maximum absolute atomic E-state index is 12.3. The molecule has 1 N–H and O–H groups in total. The number of carboxylic acid groups (broad SMARTS) is 1. The van der Waals surface area contributed by atoms with Crippen LogP contribution in [-0.2, 0) is 16.0 Å². The minimum Gasteiger partial charge on any atom is -0.550 e. The second-order valence-corrected chi connectivity index (χ2v) is 8.03. The molecule has 0 saturated carbocycles. The van der Waals surface area contributed by atoms with Crippen molar-refractivity contribution in [2.24, 2.45) is 4.99 Å². The van der Waals surface area contributed by atoms with E-state index in [0.717, 1.165) is 16.3 Å². The molecule has 0 spiro atoms. The largest absolute Gasteiger partial charge is 1.00 e. The van der Waals surface area contributed by atoms with Gasteiger partial charge in [-0.25, -0.2) is 9.98 Å². The molecule has 3 aromatic rings. The van der Waals surface area contributed by atoms with Gasteiger partial charge in [0, 0.05) is 23.3 Å². The number of carbonyl (C=O) groups is 2. The van der Waals surface area contributed by atoms with Crippen molar-refractivity contribution in [1.82, 2.24) is 10.3 Å². The normalized spacial score (nSPS) is 15.8.